The predicted molar refractivity (Wildman–Crippen MR) is 113 cm³/mol. The molecular formula is C23H27N3O3. The van der Waals surface area contributed by atoms with Gasteiger partial charge in [0.1, 0.15) is 0 Å². The van der Waals surface area contributed by atoms with Gasteiger partial charge in [0.2, 0.25) is 11.8 Å². The molecule has 2 amide bonds. The Bertz CT molecular complexity index is 832. The minimum atomic E-state index is -0.294. The summed E-state index contributed by atoms with van der Waals surface area (Å²) in [5.74, 6) is -0.319. The Morgan fingerprint density at radius 3 is 2.48 bits per heavy atom. The normalized spacial score (nSPS) is 19.4. The van der Waals surface area contributed by atoms with Crippen LogP contribution in [0.5, 0.6) is 0 Å². The lowest BCUT2D eigenvalue weighted by Crippen LogP contribution is -2.36. The summed E-state index contributed by atoms with van der Waals surface area (Å²) in [6.07, 6.45) is 1.09. The average Bonchev–Trinajstić information content (AvgIpc) is 3.15. The molecule has 0 saturated carbocycles. The van der Waals surface area contributed by atoms with Gasteiger partial charge in [-0.05, 0) is 36.2 Å². The Morgan fingerprint density at radius 1 is 1.03 bits per heavy atom. The lowest BCUT2D eigenvalue weighted by molar-refractivity contribution is -0.128. The van der Waals surface area contributed by atoms with Crippen LogP contribution in [0.15, 0.2) is 54.6 Å². The third-order valence-corrected chi connectivity index (χ3v) is 5.61. The van der Waals surface area contributed by atoms with Crippen molar-refractivity contribution in [3.05, 3.63) is 60.2 Å². The van der Waals surface area contributed by atoms with E-state index in [-0.39, 0.29) is 24.2 Å². The number of likely N-dealkylation sites (tertiary alicyclic amines) is 1. The number of benzene rings is 2. The zero-order valence-electron chi connectivity index (χ0n) is 16.5. The van der Waals surface area contributed by atoms with Crippen LogP contribution in [0.1, 0.15) is 12.0 Å². The lowest BCUT2D eigenvalue weighted by Gasteiger charge is -2.28. The Hall–Kier alpha value is -2.86. The second-order valence-electron chi connectivity index (χ2n) is 7.61. The quantitative estimate of drug-likeness (QED) is 0.819. The van der Waals surface area contributed by atoms with E-state index < -0.39 is 0 Å². The van der Waals surface area contributed by atoms with Crippen molar-refractivity contribution in [2.24, 2.45) is 5.92 Å². The standard InChI is InChI=1S/C23H27N3O3/c27-22-16-19(17-26(22)11-10-18-4-2-1-3-5-18)23(28)24-20-6-8-21(9-7-20)25-12-14-29-15-13-25/h1-9,19H,10-17H2,(H,24,28)/t19-/m0/s1. The van der Waals surface area contributed by atoms with Gasteiger partial charge in [0, 0.05) is 44.0 Å². The number of anilines is 2. The molecule has 2 aliphatic rings. The second kappa shape index (κ2) is 9.09. The molecule has 0 radical (unpaired) electrons. The molecule has 0 spiro atoms. The number of amides is 2. The van der Waals surface area contributed by atoms with Crippen molar-refractivity contribution in [1.82, 2.24) is 4.90 Å². The highest BCUT2D eigenvalue weighted by Gasteiger charge is 2.34. The number of ether oxygens (including phenoxy) is 1. The van der Waals surface area contributed by atoms with Gasteiger partial charge in [0.15, 0.2) is 0 Å². The van der Waals surface area contributed by atoms with Gasteiger partial charge < -0.3 is 19.9 Å². The summed E-state index contributed by atoms with van der Waals surface area (Å²) in [5.41, 5.74) is 3.10. The van der Waals surface area contributed by atoms with Crippen molar-refractivity contribution in [1.29, 1.82) is 0 Å². The van der Waals surface area contributed by atoms with Crippen LogP contribution in [-0.4, -0.2) is 56.1 Å². The monoisotopic (exact) mass is 393 g/mol. The lowest BCUT2D eigenvalue weighted by atomic mass is 10.1. The van der Waals surface area contributed by atoms with E-state index in [0.29, 0.717) is 13.1 Å². The summed E-state index contributed by atoms with van der Waals surface area (Å²) in [6, 6.07) is 18.0. The van der Waals surface area contributed by atoms with Crippen molar-refractivity contribution in [3.8, 4) is 0 Å². The first-order valence-electron chi connectivity index (χ1n) is 10.2. The third kappa shape index (κ3) is 4.95. The van der Waals surface area contributed by atoms with Crippen LogP contribution in [-0.2, 0) is 20.7 Å². The molecule has 2 fully saturated rings. The molecule has 6 heteroatoms. The third-order valence-electron chi connectivity index (χ3n) is 5.61. The van der Waals surface area contributed by atoms with Crippen molar-refractivity contribution >= 4 is 23.2 Å². The Morgan fingerprint density at radius 2 is 1.76 bits per heavy atom. The molecule has 1 N–H and O–H groups in total. The van der Waals surface area contributed by atoms with E-state index in [1.807, 2.05) is 42.5 Å². The van der Waals surface area contributed by atoms with Gasteiger partial charge in [0.25, 0.3) is 0 Å². The summed E-state index contributed by atoms with van der Waals surface area (Å²) in [4.78, 5) is 29.0. The van der Waals surface area contributed by atoms with E-state index in [1.165, 1.54) is 5.56 Å². The number of rotatable bonds is 6. The van der Waals surface area contributed by atoms with Crippen LogP contribution < -0.4 is 10.2 Å². The van der Waals surface area contributed by atoms with Gasteiger partial charge in [-0.1, -0.05) is 30.3 Å². The van der Waals surface area contributed by atoms with Crippen LogP contribution in [0.2, 0.25) is 0 Å². The zero-order chi connectivity index (χ0) is 20.1. The summed E-state index contributed by atoms with van der Waals surface area (Å²) in [5, 5.41) is 2.97. The van der Waals surface area contributed by atoms with Crippen molar-refractivity contribution in [2.45, 2.75) is 12.8 Å². The van der Waals surface area contributed by atoms with Gasteiger partial charge in [-0.2, -0.15) is 0 Å². The summed E-state index contributed by atoms with van der Waals surface area (Å²) in [6.45, 7) is 4.40. The fourth-order valence-corrected chi connectivity index (χ4v) is 3.89. The largest absolute Gasteiger partial charge is 0.378 e. The first-order chi connectivity index (χ1) is 14.2. The van der Waals surface area contributed by atoms with E-state index in [2.05, 4.69) is 22.3 Å². The molecule has 0 unspecified atom stereocenters. The van der Waals surface area contributed by atoms with Crippen molar-refractivity contribution in [3.63, 3.8) is 0 Å². The molecule has 152 valence electrons. The SMILES string of the molecule is O=C(Nc1ccc(N2CCOCC2)cc1)[C@H]1CC(=O)N(CCc2ccccc2)C1. The summed E-state index contributed by atoms with van der Waals surface area (Å²) in [7, 11) is 0. The molecule has 2 aliphatic heterocycles. The van der Waals surface area contributed by atoms with Crippen molar-refractivity contribution in [2.75, 3.05) is 49.6 Å². The Kier molecular flexibility index (Phi) is 6.10. The molecule has 2 heterocycles. The average molecular weight is 393 g/mol. The zero-order valence-corrected chi connectivity index (χ0v) is 16.5. The van der Waals surface area contributed by atoms with Gasteiger partial charge in [0.05, 0.1) is 19.1 Å². The molecular weight excluding hydrogens is 366 g/mol. The topological polar surface area (TPSA) is 61.9 Å². The number of morpholine rings is 1. The van der Waals surface area contributed by atoms with Crippen LogP contribution in [0.4, 0.5) is 11.4 Å². The minimum absolute atomic E-state index is 0.0590. The predicted octanol–water partition coefficient (Wildman–Crippen LogP) is 2.55. The number of nitrogens with one attached hydrogen (secondary N) is 1. The van der Waals surface area contributed by atoms with E-state index in [0.717, 1.165) is 44.1 Å². The fourth-order valence-electron chi connectivity index (χ4n) is 3.89. The van der Waals surface area contributed by atoms with Crippen LogP contribution in [0, 0.1) is 5.92 Å². The molecule has 0 bridgehead atoms. The van der Waals surface area contributed by atoms with Gasteiger partial charge >= 0.3 is 0 Å². The highest BCUT2D eigenvalue weighted by molar-refractivity contribution is 5.97. The molecule has 2 aromatic carbocycles. The molecule has 1 atom stereocenters. The maximum absolute atomic E-state index is 12.6. The highest BCUT2D eigenvalue weighted by Crippen LogP contribution is 2.22. The maximum Gasteiger partial charge on any atom is 0.229 e. The van der Waals surface area contributed by atoms with Gasteiger partial charge in [-0.15, -0.1) is 0 Å². The Balaban J connectivity index is 1.29. The number of hydrogen-bond acceptors (Lipinski definition) is 4. The van der Waals surface area contributed by atoms with Gasteiger partial charge in [-0.3, -0.25) is 9.59 Å². The van der Waals surface area contributed by atoms with Crippen LogP contribution >= 0.6 is 0 Å². The van der Waals surface area contributed by atoms with E-state index in [9.17, 15) is 9.59 Å². The first-order valence-corrected chi connectivity index (χ1v) is 10.2. The molecule has 6 nitrogen and oxygen atoms in total. The second-order valence-corrected chi connectivity index (χ2v) is 7.61. The highest BCUT2D eigenvalue weighted by atomic mass is 16.5. The van der Waals surface area contributed by atoms with Crippen LogP contribution in [0.25, 0.3) is 0 Å². The molecule has 0 aliphatic carbocycles. The summed E-state index contributed by atoms with van der Waals surface area (Å²) >= 11 is 0. The number of carbonyl (C=O) groups excluding carboxylic acids is 2. The molecule has 0 aromatic heterocycles. The van der Waals surface area contributed by atoms with E-state index in [4.69, 9.17) is 4.74 Å². The Labute approximate surface area is 171 Å². The van der Waals surface area contributed by atoms with Crippen LogP contribution in [0.3, 0.4) is 0 Å². The minimum Gasteiger partial charge on any atom is -0.378 e. The molecule has 29 heavy (non-hydrogen) atoms. The van der Waals surface area contributed by atoms with Gasteiger partial charge in [-0.25, -0.2) is 0 Å². The molecule has 2 saturated heterocycles. The molecule has 2 aromatic rings. The number of carbonyl (C=O) groups is 2. The van der Waals surface area contributed by atoms with Crippen molar-refractivity contribution < 1.29 is 14.3 Å². The first kappa shape index (κ1) is 19.5. The van der Waals surface area contributed by atoms with E-state index >= 15 is 0 Å². The number of hydrogen-bond donors (Lipinski definition) is 1. The maximum atomic E-state index is 12.6. The van der Waals surface area contributed by atoms with E-state index in [1.54, 1.807) is 4.90 Å². The fraction of sp³-hybridized carbons (Fsp3) is 0.391. The summed E-state index contributed by atoms with van der Waals surface area (Å²) < 4.78 is 5.38. The molecule has 4 rings (SSSR count). The number of nitrogens with zero attached hydrogens (tertiary/aromatic N) is 2. The smallest absolute Gasteiger partial charge is 0.229 e.